The largest absolute Gasteiger partial charge is 0.327 e. The minimum atomic E-state index is 0. The van der Waals surface area contributed by atoms with E-state index in [9.17, 15) is 0 Å². The number of rotatable bonds is 1. The highest BCUT2D eigenvalue weighted by atomic mass is 35.5. The normalized spacial score (nSPS) is 45.0. The highest BCUT2D eigenvalue weighted by molar-refractivity contribution is 5.85. The molecule has 2 N–H and O–H groups in total. The van der Waals surface area contributed by atoms with Crippen LogP contribution in [0.4, 0.5) is 0 Å². The molecule has 0 spiro atoms. The van der Waals surface area contributed by atoms with Crippen LogP contribution < -0.4 is 5.73 Å². The fraction of sp³-hybridized carbons (Fsp3) is 1.00. The van der Waals surface area contributed by atoms with Crippen LogP contribution in [0.3, 0.4) is 0 Å². The van der Waals surface area contributed by atoms with E-state index in [2.05, 4.69) is 13.8 Å². The minimum Gasteiger partial charge on any atom is -0.327 e. The molecule has 1 nitrogen and oxygen atoms in total. The lowest BCUT2D eigenvalue weighted by molar-refractivity contribution is 0.222. The van der Waals surface area contributed by atoms with Crippen LogP contribution in [0.5, 0.6) is 0 Å². The second kappa shape index (κ2) is 3.55. The summed E-state index contributed by atoms with van der Waals surface area (Å²) in [5, 5.41) is 0. The van der Waals surface area contributed by atoms with Gasteiger partial charge in [-0.25, -0.2) is 0 Å². The van der Waals surface area contributed by atoms with Gasteiger partial charge in [0, 0.05) is 6.04 Å². The van der Waals surface area contributed by atoms with Crippen LogP contribution in [0.1, 0.15) is 33.1 Å². The standard InChI is InChI=1S/C10H19N.ClH/c1-6(2)9-7-3-4-8(5-7)10(9)11;/h6-10H,3-5,11H2,1-2H3;1H/t7-,8+,9?,10+;/m0./s1. The smallest absolute Gasteiger partial charge is 0.0101 e. The highest BCUT2D eigenvalue weighted by Gasteiger charge is 2.46. The zero-order chi connectivity index (χ0) is 8.01. The van der Waals surface area contributed by atoms with Crippen LogP contribution >= 0.6 is 12.4 Å². The van der Waals surface area contributed by atoms with Crippen LogP contribution in [0.2, 0.25) is 0 Å². The molecule has 0 aromatic heterocycles. The van der Waals surface area contributed by atoms with Gasteiger partial charge in [-0.15, -0.1) is 12.4 Å². The third-order valence-corrected chi connectivity index (χ3v) is 3.82. The second-order valence-corrected chi connectivity index (χ2v) is 4.73. The van der Waals surface area contributed by atoms with E-state index in [4.69, 9.17) is 5.73 Å². The average molecular weight is 190 g/mol. The van der Waals surface area contributed by atoms with Gasteiger partial charge in [0.15, 0.2) is 0 Å². The monoisotopic (exact) mass is 189 g/mol. The molecule has 4 atom stereocenters. The van der Waals surface area contributed by atoms with E-state index in [1.807, 2.05) is 0 Å². The summed E-state index contributed by atoms with van der Waals surface area (Å²) < 4.78 is 0. The van der Waals surface area contributed by atoms with Gasteiger partial charge in [-0.3, -0.25) is 0 Å². The van der Waals surface area contributed by atoms with Gasteiger partial charge in [-0.05, 0) is 42.9 Å². The molecule has 0 radical (unpaired) electrons. The molecular formula is C10H20ClN. The summed E-state index contributed by atoms with van der Waals surface area (Å²) in [7, 11) is 0. The Morgan fingerprint density at radius 3 is 2.08 bits per heavy atom. The highest BCUT2D eigenvalue weighted by Crippen LogP contribution is 2.50. The summed E-state index contributed by atoms with van der Waals surface area (Å²) in [5.74, 6) is 3.51. The molecule has 0 aromatic carbocycles. The Hall–Kier alpha value is 0.250. The fourth-order valence-corrected chi connectivity index (χ4v) is 3.37. The molecule has 2 aliphatic rings. The zero-order valence-electron chi connectivity index (χ0n) is 7.99. The van der Waals surface area contributed by atoms with Crippen molar-refractivity contribution in [3.63, 3.8) is 0 Å². The molecule has 2 aliphatic carbocycles. The zero-order valence-corrected chi connectivity index (χ0v) is 8.81. The van der Waals surface area contributed by atoms with Crippen LogP contribution in [-0.4, -0.2) is 6.04 Å². The summed E-state index contributed by atoms with van der Waals surface area (Å²) in [6, 6.07) is 0.536. The third-order valence-electron chi connectivity index (χ3n) is 3.82. The van der Waals surface area contributed by atoms with E-state index >= 15 is 0 Å². The Balaban J connectivity index is 0.000000720. The molecule has 0 amide bonds. The lowest BCUT2D eigenvalue weighted by Gasteiger charge is -2.31. The number of nitrogens with two attached hydrogens (primary N) is 1. The molecule has 0 aliphatic heterocycles. The van der Waals surface area contributed by atoms with E-state index in [-0.39, 0.29) is 12.4 Å². The van der Waals surface area contributed by atoms with Crippen molar-refractivity contribution in [1.82, 2.24) is 0 Å². The van der Waals surface area contributed by atoms with Gasteiger partial charge in [0.2, 0.25) is 0 Å². The molecule has 12 heavy (non-hydrogen) atoms. The van der Waals surface area contributed by atoms with Gasteiger partial charge in [0.05, 0.1) is 0 Å². The van der Waals surface area contributed by atoms with Crippen LogP contribution in [0.25, 0.3) is 0 Å². The van der Waals surface area contributed by atoms with Crippen LogP contribution in [0.15, 0.2) is 0 Å². The SMILES string of the molecule is CC(C)C1[C@H]2CC[C@H](C2)[C@H]1N.Cl. The Morgan fingerprint density at radius 1 is 1.17 bits per heavy atom. The number of hydrogen-bond acceptors (Lipinski definition) is 1. The van der Waals surface area contributed by atoms with Gasteiger partial charge in [0.1, 0.15) is 0 Å². The van der Waals surface area contributed by atoms with Crippen molar-refractivity contribution in [2.45, 2.75) is 39.2 Å². The molecule has 72 valence electrons. The Kier molecular flexibility index (Phi) is 3.06. The van der Waals surface area contributed by atoms with Crippen molar-refractivity contribution in [2.75, 3.05) is 0 Å². The van der Waals surface area contributed by atoms with Crippen molar-refractivity contribution in [2.24, 2.45) is 29.4 Å². The van der Waals surface area contributed by atoms with Gasteiger partial charge >= 0.3 is 0 Å². The summed E-state index contributed by atoms with van der Waals surface area (Å²) in [4.78, 5) is 0. The Morgan fingerprint density at radius 2 is 1.75 bits per heavy atom. The molecule has 0 aromatic rings. The molecule has 0 heterocycles. The molecule has 2 saturated carbocycles. The molecule has 2 heteroatoms. The van der Waals surface area contributed by atoms with E-state index in [1.165, 1.54) is 19.3 Å². The molecule has 2 bridgehead atoms. The topological polar surface area (TPSA) is 26.0 Å². The molecular weight excluding hydrogens is 170 g/mol. The maximum atomic E-state index is 6.17. The summed E-state index contributed by atoms with van der Waals surface area (Å²) >= 11 is 0. The van der Waals surface area contributed by atoms with Crippen LogP contribution in [-0.2, 0) is 0 Å². The van der Waals surface area contributed by atoms with Crippen molar-refractivity contribution in [1.29, 1.82) is 0 Å². The third kappa shape index (κ3) is 1.38. The molecule has 2 rings (SSSR count). The van der Waals surface area contributed by atoms with Crippen LogP contribution in [0, 0.1) is 23.7 Å². The first-order valence-electron chi connectivity index (χ1n) is 4.95. The lowest BCUT2D eigenvalue weighted by atomic mass is 9.78. The van der Waals surface area contributed by atoms with Gasteiger partial charge in [-0.1, -0.05) is 13.8 Å². The quantitative estimate of drug-likeness (QED) is 0.674. The van der Waals surface area contributed by atoms with Gasteiger partial charge < -0.3 is 5.73 Å². The fourth-order valence-electron chi connectivity index (χ4n) is 3.37. The molecule has 1 unspecified atom stereocenters. The van der Waals surface area contributed by atoms with Crippen molar-refractivity contribution in [3.8, 4) is 0 Å². The van der Waals surface area contributed by atoms with Gasteiger partial charge in [0.25, 0.3) is 0 Å². The Labute approximate surface area is 81.5 Å². The van der Waals surface area contributed by atoms with Gasteiger partial charge in [-0.2, -0.15) is 0 Å². The number of fused-ring (bicyclic) bond motifs is 2. The molecule has 2 fully saturated rings. The number of hydrogen-bond donors (Lipinski definition) is 1. The van der Waals surface area contributed by atoms with E-state index in [1.54, 1.807) is 0 Å². The Bertz CT molecular complexity index is 156. The first-order chi connectivity index (χ1) is 5.20. The van der Waals surface area contributed by atoms with Crippen molar-refractivity contribution >= 4 is 12.4 Å². The predicted octanol–water partition coefficient (Wildman–Crippen LogP) is 2.44. The summed E-state index contributed by atoms with van der Waals surface area (Å²) in [6.07, 6.45) is 4.31. The molecule has 0 saturated heterocycles. The maximum absolute atomic E-state index is 6.17. The van der Waals surface area contributed by atoms with Crippen molar-refractivity contribution in [3.05, 3.63) is 0 Å². The second-order valence-electron chi connectivity index (χ2n) is 4.73. The summed E-state index contributed by atoms with van der Waals surface area (Å²) in [6.45, 7) is 4.65. The number of halogens is 1. The predicted molar refractivity (Wildman–Crippen MR) is 54.4 cm³/mol. The first-order valence-corrected chi connectivity index (χ1v) is 4.95. The minimum absolute atomic E-state index is 0. The van der Waals surface area contributed by atoms with E-state index in [0.29, 0.717) is 6.04 Å². The maximum Gasteiger partial charge on any atom is 0.0101 e. The lowest BCUT2D eigenvalue weighted by Crippen LogP contribution is -2.38. The van der Waals surface area contributed by atoms with E-state index < -0.39 is 0 Å². The average Bonchev–Trinajstić information content (AvgIpc) is 2.44. The first kappa shape index (κ1) is 10.3. The van der Waals surface area contributed by atoms with E-state index in [0.717, 1.165) is 23.7 Å². The van der Waals surface area contributed by atoms with Crippen molar-refractivity contribution < 1.29 is 0 Å². The summed E-state index contributed by atoms with van der Waals surface area (Å²) in [5.41, 5.74) is 6.17.